The van der Waals surface area contributed by atoms with Crippen molar-refractivity contribution in [1.82, 2.24) is 5.32 Å². The van der Waals surface area contributed by atoms with Gasteiger partial charge in [0.2, 0.25) is 5.76 Å². The van der Waals surface area contributed by atoms with Crippen LogP contribution >= 0.6 is 0 Å². The summed E-state index contributed by atoms with van der Waals surface area (Å²) in [5.41, 5.74) is 2.39. The summed E-state index contributed by atoms with van der Waals surface area (Å²) in [5, 5.41) is 4.35. The third-order valence-electron chi connectivity index (χ3n) is 6.71. The van der Waals surface area contributed by atoms with Gasteiger partial charge in [0.15, 0.2) is 5.78 Å². The van der Waals surface area contributed by atoms with Crippen molar-refractivity contribution in [2.24, 2.45) is 11.8 Å². The smallest absolute Gasteiger partial charge is 0.374 e. The first kappa shape index (κ1) is 20.1. The van der Waals surface area contributed by atoms with E-state index in [1.54, 1.807) is 6.92 Å². The third kappa shape index (κ3) is 4.11. The predicted molar refractivity (Wildman–Crippen MR) is 112 cm³/mol. The Labute approximate surface area is 172 Å². The second kappa shape index (κ2) is 8.70. The zero-order valence-electron chi connectivity index (χ0n) is 17.5. The number of fused-ring (bicyclic) bond motifs is 1. The standard InChI is InChI=1S/C24H31NO4/c1-3-28-24(27)23-15(2)19-13-16(9-10-21(19)29-23)14-20(26)22-18(11-12-25-22)17-7-5-4-6-8-17/h9-10,13,17-18,22,25H,3-8,11-12,14H2,1-2H3/t18-,22-/m0/s1. The number of ketones is 1. The molecule has 2 aliphatic rings. The van der Waals surface area contributed by atoms with Crippen molar-refractivity contribution in [2.45, 2.75) is 64.8 Å². The van der Waals surface area contributed by atoms with E-state index >= 15 is 0 Å². The van der Waals surface area contributed by atoms with E-state index in [0.717, 1.165) is 29.5 Å². The van der Waals surface area contributed by atoms with Gasteiger partial charge in [-0.3, -0.25) is 4.79 Å². The molecule has 0 spiro atoms. The largest absolute Gasteiger partial charge is 0.460 e. The number of rotatable bonds is 6. The van der Waals surface area contributed by atoms with Crippen molar-refractivity contribution in [3.05, 3.63) is 35.1 Å². The van der Waals surface area contributed by atoms with Crippen LogP contribution in [0.3, 0.4) is 0 Å². The van der Waals surface area contributed by atoms with Crippen LogP contribution in [0.25, 0.3) is 11.0 Å². The fourth-order valence-corrected chi connectivity index (χ4v) is 5.23. The zero-order valence-corrected chi connectivity index (χ0v) is 17.5. The maximum Gasteiger partial charge on any atom is 0.374 e. The molecule has 5 heteroatoms. The Morgan fingerprint density at radius 3 is 2.72 bits per heavy atom. The summed E-state index contributed by atoms with van der Waals surface area (Å²) in [6.45, 7) is 4.89. The van der Waals surface area contributed by atoms with Gasteiger partial charge in [-0.25, -0.2) is 4.79 Å². The lowest BCUT2D eigenvalue weighted by molar-refractivity contribution is -0.121. The van der Waals surface area contributed by atoms with Gasteiger partial charge in [-0.05, 0) is 56.3 Å². The van der Waals surface area contributed by atoms with Crippen LogP contribution in [0.2, 0.25) is 0 Å². The van der Waals surface area contributed by atoms with Gasteiger partial charge in [0.25, 0.3) is 0 Å². The third-order valence-corrected chi connectivity index (χ3v) is 6.71. The monoisotopic (exact) mass is 397 g/mol. The zero-order chi connectivity index (χ0) is 20.4. The molecular weight excluding hydrogens is 366 g/mol. The minimum absolute atomic E-state index is 0.0191. The van der Waals surface area contributed by atoms with Crippen LogP contribution in [0.1, 0.15) is 67.1 Å². The Balaban J connectivity index is 1.50. The number of hydrogen-bond acceptors (Lipinski definition) is 5. The van der Waals surface area contributed by atoms with E-state index in [0.29, 0.717) is 30.4 Å². The molecule has 1 N–H and O–H groups in total. The molecule has 0 radical (unpaired) electrons. The summed E-state index contributed by atoms with van der Waals surface area (Å²) in [6, 6.07) is 5.76. The van der Waals surface area contributed by atoms with Crippen molar-refractivity contribution in [3.8, 4) is 0 Å². The molecule has 0 unspecified atom stereocenters. The Bertz CT molecular complexity index is 894. The first-order valence-corrected chi connectivity index (χ1v) is 11.0. The van der Waals surface area contributed by atoms with E-state index in [1.807, 2.05) is 25.1 Å². The lowest BCUT2D eigenvalue weighted by Gasteiger charge is -2.30. The second-order valence-electron chi connectivity index (χ2n) is 8.53. The van der Waals surface area contributed by atoms with Crippen molar-refractivity contribution < 1.29 is 18.7 Å². The molecule has 1 saturated carbocycles. The van der Waals surface area contributed by atoms with E-state index in [2.05, 4.69) is 5.32 Å². The topological polar surface area (TPSA) is 68.5 Å². The lowest BCUT2D eigenvalue weighted by Crippen LogP contribution is -2.40. The average molecular weight is 398 g/mol. The molecule has 1 saturated heterocycles. The highest BCUT2D eigenvalue weighted by Gasteiger charge is 2.37. The Hall–Kier alpha value is -2.14. The molecule has 0 amide bonds. The molecule has 2 aromatic rings. The summed E-state index contributed by atoms with van der Waals surface area (Å²) < 4.78 is 10.8. The highest BCUT2D eigenvalue weighted by Crippen LogP contribution is 2.36. The molecule has 156 valence electrons. The van der Waals surface area contributed by atoms with Gasteiger partial charge < -0.3 is 14.5 Å². The van der Waals surface area contributed by atoms with Gasteiger partial charge >= 0.3 is 5.97 Å². The Morgan fingerprint density at radius 2 is 1.97 bits per heavy atom. The molecule has 29 heavy (non-hydrogen) atoms. The number of Topliss-reactive ketones (excluding diaryl/α,β-unsaturated/α-hetero) is 1. The highest BCUT2D eigenvalue weighted by molar-refractivity contribution is 5.96. The SMILES string of the molecule is CCOC(=O)c1oc2ccc(CC(=O)[C@H]3NCC[C@H]3C3CCCCC3)cc2c1C. The Kier molecular flexibility index (Phi) is 6.04. The summed E-state index contributed by atoms with van der Waals surface area (Å²) in [7, 11) is 0. The number of ether oxygens (including phenoxy) is 1. The van der Waals surface area contributed by atoms with E-state index < -0.39 is 5.97 Å². The van der Waals surface area contributed by atoms with Gasteiger partial charge in [-0.15, -0.1) is 0 Å². The van der Waals surface area contributed by atoms with Crippen LogP contribution in [0, 0.1) is 18.8 Å². The first-order chi connectivity index (χ1) is 14.1. The maximum atomic E-state index is 13.1. The van der Waals surface area contributed by atoms with E-state index in [9.17, 15) is 9.59 Å². The molecule has 0 bridgehead atoms. The summed E-state index contributed by atoms with van der Waals surface area (Å²) in [4.78, 5) is 25.2. The average Bonchev–Trinajstić information content (AvgIpc) is 3.34. The summed E-state index contributed by atoms with van der Waals surface area (Å²) in [5.74, 6) is 1.27. The number of carbonyl (C=O) groups excluding carboxylic acids is 2. The van der Waals surface area contributed by atoms with Gasteiger partial charge in [0.1, 0.15) is 5.58 Å². The van der Waals surface area contributed by atoms with Crippen LogP contribution < -0.4 is 5.32 Å². The predicted octanol–water partition coefficient (Wildman–Crippen LogP) is 4.59. The minimum atomic E-state index is -0.440. The first-order valence-electron chi connectivity index (χ1n) is 11.0. The molecule has 2 atom stereocenters. The quantitative estimate of drug-likeness (QED) is 0.722. The second-order valence-corrected chi connectivity index (χ2v) is 8.53. The van der Waals surface area contributed by atoms with Crippen LogP contribution in [-0.2, 0) is 16.0 Å². The molecule has 1 aromatic carbocycles. The fraction of sp³-hybridized carbons (Fsp3) is 0.583. The number of nitrogens with one attached hydrogen (secondary N) is 1. The van der Waals surface area contributed by atoms with Crippen molar-refractivity contribution in [3.63, 3.8) is 0 Å². The number of esters is 1. The van der Waals surface area contributed by atoms with Crippen LogP contribution in [0.15, 0.2) is 22.6 Å². The maximum absolute atomic E-state index is 13.1. The molecule has 2 heterocycles. The van der Waals surface area contributed by atoms with Gasteiger partial charge in [-0.1, -0.05) is 38.2 Å². The fourth-order valence-electron chi connectivity index (χ4n) is 5.23. The van der Waals surface area contributed by atoms with Gasteiger partial charge in [0.05, 0.1) is 12.6 Å². The van der Waals surface area contributed by atoms with Crippen molar-refractivity contribution in [1.29, 1.82) is 0 Å². The Morgan fingerprint density at radius 1 is 1.17 bits per heavy atom. The molecule has 1 aliphatic heterocycles. The number of carbonyl (C=O) groups is 2. The van der Waals surface area contributed by atoms with Crippen molar-refractivity contribution >= 4 is 22.7 Å². The number of benzene rings is 1. The van der Waals surface area contributed by atoms with E-state index in [-0.39, 0.29) is 17.6 Å². The molecule has 1 aliphatic carbocycles. The highest BCUT2D eigenvalue weighted by atomic mass is 16.5. The van der Waals surface area contributed by atoms with Gasteiger partial charge in [-0.2, -0.15) is 0 Å². The van der Waals surface area contributed by atoms with E-state index in [1.165, 1.54) is 32.1 Å². The molecule has 4 rings (SSSR count). The molecular formula is C24H31NO4. The van der Waals surface area contributed by atoms with Crippen molar-refractivity contribution in [2.75, 3.05) is 13.2 Å². The van der Waals surface area contributed by atoms with E-state index in [4.69, 9.17) is 9.15 Å². The van der Waals surface area contributed by atoms with Crippen LogP contribution in [0.4, 0.5) is 0 Å². The van der Waals surface area contributed by atoms with Crippen LogP contribution in [0.5, 0.6) is 0 Å². The normalized spacial score (nSPS) is 22.8. The molecule has 2 fully saturated rings. The molecule has 1 aromatic heterocycles. The number of furan rings is 1. The van der Waals surface area contributed by atoms with Gasteiger partial charge in [0, 0.05) is 17.4 Å². The lowest BCUT2D eigenvalue weighted by atomic mass is 9.75. The molecule has 5 nitrogen and oxygen atoms in total. The summed E-state index contributed by atoms with van der Waals surface area (Å²) >= 11 is 0. The van der Waals surface area contributed by atoms with Crippen LogP contribution in [-0.4, -0.2) is 30.9 Å². The minimum Gasteiger partial charge on any atom is -0.460 e. The number of hydrogen-bond donors (Lipinski definition) is 1. The number of aryl methyl sites for hydroxylation is 1. The summed E-state index contributed by atoms with van der Waals surface area (Å²) in [6.07, 6.45) is 8.02.